The highest BCUT2D eigenvalue weighted by Crippen LogP contribution is 2.37. The zero-order chi connectivity index (χ0) is 23.6. The highest BCUT2D eigenvalue weighted by Gasteiger charge is 2.41. The van der Waals surface area contributed by atoms with E-state index >= 15 is 0 Å². The molecule has 3 aromatic heterocycles. The summed E-state index contributed by atoms with van der Waals surface area (Å²) in [7, 11) is 1.41. The van der Waals surface area contributed by atoms with Crippen LogP contribution >= 0.6 is 0 Å². The molecule has 1 aliphatic carbocycles. The van der Waals surface area contributed by atoms with Crippen LogP contribution in [-0.4, -0.2) is 59.8 Å². The molecule has 1 saturated carbocycles. The first-order valence-electron chi connectivity index (χ1n) is 11.5. The summed E-state index contributed by atoms with van der Waals surface area (Å²) in [6.07, 6.45) is 7.40. The molecule has 4 heterocycles. The van der Waals surface area contributed by atoms with Gasteiger partial charge in [-0.1, -0.05) is 0 Å². The van der Waals surface area contributed by atoms with Crippen LogP contribution in [0.4, 0.5) is 16.0 Å². The molecule has 1 saturated heterocycles. The topological polar surface area (TPSA) is 120 Å². The van der Waals surface area contributed by atoms with Gasteiger partial charge < -0.3 is 20.5 Å². The smallest absolute Gasteiger partial charge is 0.223 e. The van der Waals surface area contributed by atoms with Crippen molar-refractivity contribution in [2.75, 3.05) is 24.3 Å². The molecule has 0 radical (unpaired) electrons. The number of methoxy groups -OCH3 is 1. The maximum atomic E-state index is 14.4. The molecule has 2 fully saturated rings. The Kier molecular flexibility index (Phi) is 4.67. The number of benzene rings is 1. The summed E-state index contributed by atoms with van der Waals surface area (Å²) in [6, 6.07) is 3.23. The van der Waals surface area contributed by atoms with Gasteiger partial charge in [-0.2, -0.15) is 9.61 Å². The van der Waals surface area contributed by atoms with E-state index in [-0.39, 0.29) is 17.6 Å². The Balaban J connectivity index is 1.32. The molecule has 34 heavy (non-hydrogen) atoms. The Morgan fingerprint density at radius 3 is 2.85 bits per heavy atom. The van der Waals surface area contributed by atoms with Crippen molar-refractivity contribution < 1.29 is 14.2 Å². The first-order valence-corrected chi connectivity index (χ1v) is 11.5. The molecule has 1 aromatic carbocycles. The fourth-order valence-corrected chi connectivity index (χ4v) is 4.85. The summed E-state index contributed by atoms with van der Waals surface area (Å²) < 4.78 is 22.8. The van der Waals surface area contributed by atoms with Gasteiger partial charge in [-0.3, -0.25) is 4.68 Å². The van der Waals surface area contributed by atoms with Crippen LogP contribution < -0.4 is 15.4 Å². The van der Waals surface area contributed by atoms with E-state index in [1.807, 2.05) is 17.1 Å². The zero-order valence-corrected chi connectivity index (χ0v) is 19.1. The number of nitrogens with zero attached hydrogens (tertiary/aromatic N) is 7. The molecule has 0 spiro atoms. The Morgan fingerprint density at radius 2 is 2.09 bits per heavy atom. The number of hydrogen-bond acceptors (Lipinski definition) is 8. The lowest BCUT2D eigenvalue weighted by atomic mass is 9.92. The number of aliphatic hydroxyl groups is 1. The number of aromatic nitrogens is 6. The van der Waals surface area contributed by atoms with E-state index in [4.69, 9.17) is 15.5 Å². The average Bonchev–Trinajstić information content (AvgIpc) is 3.19. The quantitative estimate of drug-likeness (QED) is 0.460. The molecule has 4 aromatic rings. The van der Waals surface area contributed by atoms with E-state index in [9.17, 15) is 9.50 Å². The molecule has 178 valence electrons. The van der Waals surface area contributed by atoms with Crippen molar-refractivity contribution in [3.63, 3.8) is 0 Å². The van der Waals surface area contributed by atoms with Crippen LogP contribution in [0.5, 0.6) is 5.75 Å². The number of nitrogen functional groups attached to an aromatic ring is 1. The number of halogens is 1. The zero-order valence-electron chi connectivity index (χ0n) is 19.1. The van der Waals surface area contributed by atoms with E-state index < -0.39 is 11.4 Å². The lowest BCUT2D eigenvalue weighted by Crippen LogP contribution is -2.41. The van der Waals surface area contributed by atoms with Crippen LogP contribution in [0.15, 0.2) is 24.5 Å². The lowest BCUT2D eigenvalue weighted by molar-refractivity contribution is 0.125. The molecule has 0 amide bonds. The van der Waals surface area contributed by atoms with Gasteiger partial charge in [0.2, 0.25) is 5.95 Å². The van der Waals surface area contributed by atoms with Gasteiger partial charge in [-0.15, -0.1) is 5.10 Å². The minimum absolute atomic E-state index is 0.0737. The Bertz CT molecular complexity index is 1390. The van der Waals surface area contributed by atoms with Gasteiger partial charge in [0.1, 0.15) is 0 Å². The largest absolute Gasteiger partial charge is 0.494 e. The van der Waals surface area contributed by atoms with Crippen LogP contribution in [0, 0.1) is 5.82 Å². The molecule has 2 aliphatic rings. The Labute approximate surface area is 195 Å². The third-order valence-corrected chi connectivity index (χ3v) is 7.07. The van der Waals surface area contributed by atoms with E-state index in [1.54, 1.807) is 0 Å². The van der Waals surface area contributed by atoms with E-state index in [1.165, 1.54) is 23.8 Å². The minimum Gasteiger partial charge on any atom is -0.494 e. The number of anilines is 2. The van der Waals surface area contributed by atoms with Gasteiger partial charge in [-0.25, -0.2) is 14.4 Å². The number of ether oxygens (including phenoxy) is 1. The highest BCUT2D eigenvalue weighted by atomic mass is 19.1. The molecule has 2 atom stereocenters. The monoisotopic (exact) mass is 466 g/mol. The minimum atomic E-state index is -0.597. The molecule has 0 unspecified atom stereocenters. The van der Waals surface area contributed by atoms with Gasteiger partial charge >= 0.3 is 0 Å². The summed E-state index contributed by atoms with van der Waals surface area (Å²) in [6.45, 7) is 3.44. The fourth-order valence-electron chi connectivity index (χ4n) is 4.85. The summed E-state index contributed by atoms with van der Waals surface area (Å²) in [4.78, 5) is 11.5. The molecular weight excluding hydrogens is 439 g/mol. The predicted octanol–water partition coefficient (Wildman–Crippen LogP) is 2.50. The number of piperidine rings is 1. The van der Waals surface area contributed by atoms with Crippen molar-refractivity contribution in [2.45, 2.75) is 56.7 Å². The Morgan fingerprint density at radius 1 is 1.26 bits per heavy atom. The van der Waals surface area contributed by atoms with Crippen LogP contribution in [0.1, 0.15) is 44.3 Å². The van der Waals surface area contributed by atoms with E-state index in [0.717, 1.165) is 37.9 Å². The van der Waals surface area contributed by atoms with Gasteiger partial charge in [0.05, 0.1) is 36.7 Å². The summed E-state index contributed by atoms with van der Waals surface area (Å²) in [5.74, 6) is 0.543. The average molecular weight is 467 g/mol. The van der Waals surface area contributed by atoms with Crippen molar-refractivity contribution in [1.29, 1.82) is 0 Å². The lowest BCUT2D eigenvalue weighted by Gasteiger charge is -2.37. The molecule has 11 heteroatoms. The second-order valence-electron chi connectivity index (χ2n) is 9.58. The van der Waals surface area contributed by atoms with Crippen LogP contribution in [0.25, 0.3) is 16.6 Å². The van der Waals surface area contributed by atoms with Gasteiger partial charge in [0.15, 0.2) is 23.0 Å². The van der Waals surface area contributed by atoms with Crippen LogP contribution in [0.2, 0.25) is 0 Å². The van der Waals surface area contributed by atoms with Crippen molar-refractivity contribution in [3.8, 4) is 5.75 Å². The molecule has 10 nitrogen and oxygen atoms in total. The van der Waals surface area contributed by atoms with Crippen LogP contribution in [-0.2, 0) is 6.54 Å². The van der Waals surface area contributed by atoms with Crippen molar-refractivity contribution in [1.82, 2.24) is 29.4 Å². The van der Waals surface area contributed by atoms with Gasteiger partial charge in [0, 0.05) is 36.2 Å². The van der Waals surface area contributed by atoms with Crippen LogP contribution in [0.3, 0.4) is 0 Å². The molecule has 3 N–H and O–H groups in total. The predicted molar refractivity (Wildman–Crippen MR) is 124 cm³/mol. The normalized spacial score (nSPS) is 21.9. The molecule has 0 bridgehead atoms. The Hall–Kier alpha value is -3.47. The molecule has 6 rings (SSSR count). The van der Waals surface area contributed by atoms with E-state index in [2.05, 4.69) is 27.0 Å². The SMILES string of the molecule is COc1cc2nc(N)n3nc([C@H]4CC[C@@H](C)N(c5cnn(CC6(O)CC6)c5)C4)nc3c2cc1F. The number of rotatable bonds is 5. The second kappa shape index (κ2) is 7.52. The maximum Gasteiger partial charge on any atom is 0.223 e. The van der Waals surface area contributed by atoms with Gasteiger partial charge in [-0.05, 0) is 38.7 Å². The number of fused-ring (bicyclic) bond motifs is 3. The third kappa shape index (κ3) is 3.51. The summed E-state index contributed by atoms with van der Waals surface area (Å²) in [5, 5.41) is 19.9. The first-order chi connectivity index (χ1) is 16.3. The second-order valence-corrected chi connectivity index (χ2v) is 9.58. The molecule has 1 aliphatic heterocycles. The third-order valence-electron chi connectivity index (χ3n) is 7.07. The van der Waals surface area contributed by atoms with Crippen molar-refractivity contribution in [2.24, 2.45) is 0 Å². The van der Waals surface area contributed by atoms with Crippen molar-refractivity contribution >= 4 is 28.2 Å². The number of hydrogen-bond donors (Lipinski definition) is 2. The highest BCUT2D eigenvalue weighted by molar-refractivity contribution is 5.93. The molecular formula is C23H27FN8O2. The van der Waals surface area contributed by atoms with Crippen molar-refractivity contribution in [3.05, 3.63) is 36.2 Å². The maximum absolute atomic E-state index is 14.4. The van der Waals surface area contributed by atoms with Gasteiger partial charge in [0.25, 0.3) is 0 Å². The van der Waals surface area contributed by atoms with E-state index in [0.29, 0.717) is 35.0 Å². The first kappa shape index (κ1) is 21.1. The summed E-state index contributed by atoms with van der Waals surface area (Å²) >= 11 is 0. The summed E-state index contributed by atoms with van der Waals surface area (Å²) in [5.41, 5.74) is 7.58. The fraction of sp³-hybridized carbons (Fsp3) is 0.478. The standard InChI is InChI=1S/C23H27FN8O2/c1-13-3-4-14(10-31(13)15-9-26-30(11-15)12-23(33)5-6-23)20-28-21-16-7-17(24)19(34-2)8-18(16)27-22(25)32(21)29-20/h7-9,11,13-14,33H,3-6,10,12H2,1-2H3,(H2,25,27)/t13-,14+/m1/s1. The number of nitrogens with two attached hydrogens (primary N) is 1.